The molecule has 0 aliphatic carbocycles. The van der Waals surface area contributed by atoms with Crippen LogP contribution in [0.25, 0.3) is 0 Å². The molecule has 80 valence electrons. The van der Waals surface area contributed by atoms with Gasteiger partial charge in [-0.1, -0.05) is 24.3 Å². The van der Waals surface area contributed by atoms with E-state index in [1.54, 1.807) is 6.07 Å². The predicted octanol–water partition coefficient (Wildman–Crippen LogP) is 1.84. The fourth-order valence-corrected chi connectivity index (χ4v) is 1.46. The maximum Gasteiger partial charge on any atom is 0.307 e. The summed E-state index contributed by atoms with van der Waals surface area (Å²) in [5, 5.41) is 8.63. The van der Waals surface area contributed by atoms with Gasteiger partial charge in [-0.2, -0.15) is 0 Å². The smallest absolute Gasteiger partial charge is 0.307 e. The predicted molar refractivity (Wildman–Crippen MR) is 56.8 cm³/mol. The van der Waals surface area contributed by atoms with Crippen LogP contribution in [-0.2, 0) is 22.4 Å². The second-order valence-corrected chi connectivity index (χ2v) is 3.45. The summed E-state index contributed by atoms with van der Waals surface area (Å²) in [6.07, 6.45) is 3.16. The van der Waals surface area contributed by atoms with Crippen molar-refractivity contribution in [2.24, 2.45) is 0 Å². The lowest BCUT2D eigenvalue weighted by molar-refractivity contribution is -0.136. The number of benzene rings is 1. The van der Waals surface area contributed by atoms with Gasteiger partial charge < -0.3 is 9.90 Å². The Labute approximate surface area is 88.7 Å². The number of rotatable bonds is 6. The monoisotopic (exact) mass is 206 g/mol. The van der Waals surface area contributed by atoms with E-state index in [-0.39, 0.29) is 6.42 Å². The van der Waals surface area contributed by atoms with Crippen LogP contribution in [0.2, 0.25) is 0 Å². The van der Waals surface area contributed by atoms with Crippen molar-refractivity contribution in [1.82, 2.24) is 0 Å². The minimum absolute atomic E-state index is 0.0571. The summed E-state index contributed by atoms with van der Waals surface area (Å²) in [7, 11) is 0. The van der Waals surface area contributed by atoms with Crippen molar-refractivity contribution >= 4 is 12.3 Å². The molecule has 1 rings (SSSR count). The van der Waals surface area contributed by atoms with Crippen molar-refractivity contribution < 1.29 is 14.7 Å². The molecule has 15 heavy (non-hydrogen) atoms. The molecule has 0 aliphatic heterocycles. The van der Waals surface area contributed by atoms with E-state index in [2.05, 4.69) is 0 Å². The first-order valence-corrected chi connectivity index (χ1v) is 4.95. The van der Waals surface area contributed by atoms with Crippen LogP contribution in [-0.4, -0.2) is 17.4 Å². The molecular weight excluding hydrogens is 192 g/mol. The Morgan fingerprint density at radius 2 is 2.07 bits per heavy atom. The summed E-state index contributed by atoms with van der Waals surface area (Å²) in [6.45, 7) is 0. The lowest BCUT2D eigenvalue weighted by Gasteiger charge is -2.02. The molecule has 0 heterocycles. The number of carbonyl (C=O) groups is 2. The zero-order chi connectivity index (χ0) is 11.1. The van der Waals surface area contributed by atoms with E-state index >= 15 is 0 Å². The van der Waals surface area contributed by atoms with Crippen molar-refractivity contribution in [3.63, 3.8) is 0 Å². The highest BCUT2D eigenvalue weighted by molar-refractivity contribution is 5.70. The van der Waals surface area contributed by atoms with E-state index < -0.39 is 5.97 Å². The molecule has 3 nitrogen and oxygen atoms in total. The van der Waals surface area contributed by atoms with E-state index in [1.807, 2.05) is 18.2 Å². The number of aliphatic carboxylic acids is 1. The van der Waals surface area contributed by atoms with Gasteiger partial charge in [0.05, 0.1) is 6.42 Å². The third kappa shape index (κ3) is 4.40. The van der Waals surface area contributed by atoms with E-state index in [4.69, 9.17) is 5.11 Å². The normalized spacial score (nSPS) is 9.87. The van der Waals surface area contributed by atoms with Crippen LogP contribution in [0.4, 0.5) is 0 Å². The minimum atomic E-state index is -0.819. The SMILES string of the molecule is O=CCCCc1cccc(CC(=O)O)c1. The quantitative estimate of drug-likeness (QED) is 0.570. The molecule has 1 aromatic rings. The number of carbonyl (C=O) groups excluding carboxylic acids is 1. The van der Waals surface area contributed by atoms with E-state index in [9.17, 15) is 9.59 Å². The van der Waals surface area contributed by atoms with Crippen molar-refractivity contribution in [2.45, 2.75) is 25.7 Å². The van der Waals surface area contributed by atoms with Gasteiger partial charge in [-0.05, 0) is 24.0 Å². The molecule has 0 atom stereocenters. The standard InChI is InChI=1S/C12H14O3/c13-7-2-1-4-10-5-3-6-11(8-10)9-12(14)15/h3,5-8H,1-2,4,9H2,(H,14,15). The first-order chi connectivity index (χ1) is 7.22. The molecule has 0 spiro atoms. The molecule has 0 aliphatic rings. The van der Waals surface area contributed by atoms with Crippen molar-refractivity contribution in [2.75, 3.05) is 0 Å². The number of carboxylic acid groups (broad SMARTS) is 1. The molecule has 0 amide bonds. The second kappa shape index (κ2) is 5.96. The summed E-state index contributed by atoms with van der Waals surface area (Å²) >= 11 is 0. The van der Waals surface area contributed by atoms with Gasteiger partial charge in [0, 0.05) is 6.42 Å². The average Bonchev–Trinajstić information content (AvgIpc) is 2.18. The largest absolute Gasteiger partial charge is 0.481 e. The third-order valence-electron chi connectivity index (χ3n) is 2.13. The maximum atomic E-state index is 10.5. The van der Waals surface area contributed by atoms with Crippen molar-refractivity contribution in [3.8, 4) is 0 Å². The van der Waals surface area contributed by atoms with Crippen LogP contribution in [0.1, 0.15) is 24.0 Å². The Balaban J connectivity index is 2.57. The molecule has 3 heteroatoms. The molecule has 0 aromatic heterocycles. The Bertz CT molecular complexity index is 344. The van der Waals surface area contributed by atoms with Crippen LogP contribution in [0, 0.1) is 0 Å². The number of hydrogen-bond acceptors (Lipinski definition) is 2. The topological polar surface area (TPSA) is 54.4 Å². The number of carboxylic acids is 1. The zero-order valence-electron chi connectivity index (χ0n) is 8.48. The lowest BCUT2D eigenvalue weighted by Crippen LogP contribution is -2.00. The van der Waals surface area contributed by atoms with E-state index in [0.29, 0.717) is 6.42 Å². The summed E-state index contributed by atoms with van der Waals surface area (Å²) < 4.78 is 0. The molecule has 1 aromatic carbocycles. The number of aldehydes is 1. The van der Waals surface area contributed by atoms with Gasteiger partial charge in [-0.25, -0.2) is 0 Å². The molecule has 0 fully saturated rings. The molecule has 0 radical (unpaired) electrons. The van der Waals surface area contributed by atoms with Gasteiger partial charge in [0.1, 0.15) is 6.29 Å². The number of aryl methyl sites for hydroxylation is 1. The van der Waals surface area contributed by atoms with Gasteiger partial charge in [0.25, 0.3) is 0 Å². The fourth-order valence-electron chi connectivity index (χ4n) is 1.46. The van der Waals surface area contributed by atoms with Gasteiger partial charge in [0.2, 0.25) is 0 Å². The highest BCUT2D eigenvalue weighted by Gasteiger charge is 2.01. The molecule has 0 unspecified atom stereocenters. The second-order valence-electron chi connectivity index (χ2n) is 3.45. The van der Waals surface area contributed by atoms with Crippen LogP contribution in [0.3, 0.4) is 0 Å². The highest BCUT2D eigenvalue weighted by Crippen LogP contribution is 2.09. The zero-order valence-corrected chi connectivity index (χ0v) is 8.48. The van der Waals surface area contributed by atoms with E-state index in [0.717, 1.165) is 30.3 Å². The Kier molecular flexibility index (Phi) is 4.54. The van der Waals surface area contributed by atoms with Crippen LogP contribution in [0.15, 0.2) is 24.3 Å². The first-order valence-electron chi connectivity index (χ1n) is 4.95. The van der Waals surface area contributed by atoms with Gasteiger partial charge in [0.15, 0.2) is 0 Å². The Hall–Kier alpha value is -1.64. The van der Waals surface area contributed by atoms with Gasteiger partial charge in [-0.15, -0.1) is 0 Å². The minimum Gasteiger partial charge on any atom is -0.481 e. The molecule has 0 saturated carbocycles. The van der Waals surface area contributed by atoms with Crippen molar-refractivity contribution in [1.29, 1.82) is 0 Å². The maximum absolute atomic E-state index is 10.5. The van der Waals surface area contributed by atoms with E-state index in [1.165, 1.54) is 0 Å². The number of unbranched alkanes of at least 4 members (excludes halogenated alkanes) is 1. The average molecular weight is 206 g/mol. The Morgan fingerprint density at radius 1 is 1.33 bits per heavy atom. The van der Waals surface area contributed by atoms with Crippen LogP contribution in [0.5, 0.6) is 0 Å². The molecule has 0 saturated heterocycles. The van der Waals surface area contributed by atoms with Crippen molar-refractivity contribution in [3.05, 3.63) is 35.4 Å². The van der Waals surface area contributed by atoms with Crippen LogP contribution < -0.4 is 0 Å². The molecule has 1 N–H and O–H groups in total. The molecule has 0 bridgehead atoms. The fraction of sp³-hybridized carbons (Fsp3) is 0.333. The van der Waals surface area contributed by atoms with Gasteiger partial charge >= 0.3 is 5.97 Å². The number of hydrogen-bond donors (Lipinski definition) is 1. The summed E-state index contributed by atoms with van der Waals surface area (Å²) in [6, 6.07) is 7.50. The highest BCUT2D eigenvalue weighted by atomic mass is 16.4. The summed E-state index contributed by atoms with van der Waals surface area (Å²) in [4.78, 5) is 20.6. The van der Waals surface area contributed by atoms with Gasteiger partial charge in [-0.3, -0.25) is 4.79 Å². The first kappa shape index (κ1) is 11.4. The lowest BCUT2D eigenvalue weighted by atomic mass is 10.0. The molecular formula is C12H14O3. The summed E-state index contributed by atoms with van der Waals surface area (Å²) in [5.74, 6) is -0.819. The third-order valence-corrected chi connectivity index (χ3v) is 2.13. The van der Waals surface area contributed by atoms with Crippen LogP contribution >= 0.6 is 0 Å². The Morgan fingerprint density at radius 3 is 2.73 bits per heavy atom. The summed E-state index contributed by atoms with van der Waals surface area (Å²) in [5.41, 5.74) is 1.90.